The van der Waals surface area contributed by atoms with Gasteiger partial charge in [-0.25, -0.2) is 9.78 Å². The molecule has 2 N–H and O–H groups in total. The highest BCUT2D eigenvalue weighted by molar-refractivity contribution is 5.84. The molecule has 0 spiro atoms. The lowest BCUT2D eigenvalue weighted by atomic mass is 10.4. The predicted molar refractivity (Wildman–Crippen MR) is 45.2 cm³/mol. The van der Waals surface area contributed by atoms with Crippen LogP contribution in [0.1, 0.15) is 17.0 Å². The van der Waals surface area contributed by atoms with E-state index in [0.29, 0.717) is 6.54 Å². The summed E-state index contributed by atoms with van der Waals surface area (Å²) < 4.78 is 5.76. The second kappa shape index (κ2) is 4.35. The molecule has 0 unspecified atom stereocenters. The highest BCUT2D eigenvalue weighted by Gasteiger charge is 2.10. The normalized spacial score (nSPS) is 9.79. The first kappa shape index (κ1) is 10.2. The second-order valence-electron chi connectivity index (χ2n) is 2.54. The number of amides is 1. The lowest BCUT2D eigenvalue weighted by molar-refractivity contribution is -0.118. The zero-order valence-electron chi connectivity index (χ0n) is 7.64. The van der Waals surface area contributed by atoms with Crippen molar-refractivity contribution in [2.24, 2.45) is 5.73 Å². The van der Waals surface area contributed by atoms with Gasteiger partial charge in [-0.05, 0) is 0 Å². The van der Waals surface area contributed by atoms with Crippen molar-refractivity contribution in [3.63, 3.8) is 0 Å². The molecule has 1 aromatic heterocycles. The van der Waals surface area contributed by atoms with Crippen LogP contribution in [0.15, 0.2) is 6.33 Å². The summed E-state index contributed by atoms with van der Waals surface area (Å²) in [5.41, 5.74) is 4.94. The molecule has 1 heterocycles. The Balaban J connectivity index is 2.59. The van der Waals surface area contributed by atoms with Crippen LogP contribution in [0.5, 0.6) is 0 Å². The summed E-state index contributed by atoms with van der Waals surface area (Å²) >= 11 is 0. The van der Waals surface area contributed by atoms with Crippen molar-refractivity contribution in [2.75, 3.05) is 7.11 Å². The maximum atomic E-state index is 10.9. The Morgan fingerprint density at radius 2 is 2.36 bits per heavy atom. The summed E-state index contributed by atoms with van der Waals surface area (Å²) in [6, 6.07) is 0. The van der Waals surface area contributed by atoms with Crippen LogP contribution in [0.4, 0.5) is 0 Å². The standard InChI is InChI=1S/C7H10N4O3/c1-14-7(13)6-9-4-11(10-6)3-2-5(8)12/h4H,2-3H2,1H3,(H2,8,12). The second-order valence-corrected chi connectivity index (χ2v) is 2.54. The largest absolute Gasteiger partial charge is 0.463 e. The van der Waals surface area contributed by atoms with E-state index >= 15 is 0 Å². The van der Waals surface area contributed by atoms with Crippen LogP contribution in [-0.2, 0) is 16.1 Å². The zero-order chi connectivity index (χ0) is 10.6. The number of aryl methyl sites for hydroxylation is 1. The molecule has 76 valence electrons. The van der Waals surface area contributed by atoms with E-state index in [1.165, 1.54) is 18.1 Å². The van der Waals surface area contributed by atoms with Crippen LogP contribution in [0.3, 0.4) is 0 Å². The number of primary amides is 1. The molecule has 0 fully saturated rings. The minimum Gasteiger partial charge on any atom is -0.463 e. The van der Waals surface area contributed by atoms with E-state index in [4.69, 9.17) is 5.73 Å². The fraction of sp³-hybridized carbons (Fsp3) is 0.429. The highest BCUT2D eigenvalue weighted by atomic mass is 16.5. The smallest absolute Gasteiger partial charge is 0.377 e. The van der Waals surface area contributed by atoms with Crippen molar-refractivity contribution in [3.8, 4) is 0 Å². The molecule has 7 heteroatoms. The summed E-state index contributed by atoms with van der Waals surface area (Å²) in [5.74, 6) is -1.07. The van der Waals surface area contributed by atoms with Gasteiger partial charge in [-0.3, -0.25) is 9.48 Å². The molecule has 0 aliphatic carbocycles. The van der Waals surface area contributed by atoms with Gasteiger partial charge in [0.2, 0.25) is 5.91 Å². The topological polar surface area (TPSA) is 100 Å². The third-order valence-corrected chi connectivity index (χ3v) is 1.49. The molecule has 0 saturated carbocycles. The molecule has 14 heavy (non-hydrogen) atoms. The van der Waals surface area contributed by atoms with Gasteiger partial charge in [0.05, 0.1) is 13.7 Å². The monoisotopic (exact) mass is 198 g/mol. The Labute approximate surface area is 79.9 Å². The fourth-order valence-corrected chi connectivity index (χ4v) is 0.812. The third-order valence-electron chi connectivity index (χ3n) is 1.49. The van der Waals surface area contributed by atoms with E-state index in [2.05, 4.69) is 14.8 Å². The number of carbonyl (C=O) groups excluding carboxylic acids is 2. The van der Waals surface area contributed by atoms with E-state index in [9.17, 15) is 9.59 Å². The van der Waals surface area contributed by atoms with Crippen molar-refractivity contribution in [1.29, 1.82) is 0 Å². The average molecular weight is 198 g/mol. The summed E-state index contributed by atoms with van der Waals surface area (Å²) in [5, 5.41) is 3.78. The van der Waals surface area contributed by atoms with Crippen LogP contribution >= 0.6 is 0 Å². The van der Waals surface area contributed by atoms with E-state index in [-0.39, 0.29) is 12.2 Å². The van der Waals surface area contributed by atoms with Gasteiger partial charge in [-0.1, -0.05) is 0 Å². The SMILES string of the molecule is COC(=O)c1ncn(CCC(N)=O)n1. The summed E-state index contributed by atoms with van der Waals surface area (Å²) in [7, 11) is 1.24. The fourth-order valence-electron chi connectivity index (χ4n) is 0.812. The molecule has 0 aliphatic heterocycles. The minimum absolute atomic E-state index is 0.0306. The molecule has 0 bridgehead atoms. The van der Waals surface area contributed by atoms with Gasteiger partial charge in [-0.15, -0.1) is 5.10 Å². The molecule has 0 aliphatic rings. The number of hydrogen-bond donors (Lipinski definition) is 1. The van der Waals surface area contributed by atoms with Crippen LogP contribution in [0.2, 0.25) is 0 Å². The Kier molecular flexibility index (Phi) is 3.16. The number of nitrogens with zero attached hydrogens (tertiary/aromatic N) is 3. The summed E-state index contributed by atoms with van der Waals surface area (Å²) in [4.78, 5) is 25.0. The van der Waals surface area contributed by atoms with E-state index in [0.717, 1.165) is 0 Å². The lowest BCUT2D eigenvalue weighted by Crippen LogP contribution is -2.14. The maximum absolute atomic E-state index is 10.9. The van der Waals surface area contributed by atoms with Gasteiger partial charge in [0.15, 0.2) is 0 Å². The molecule has 0 aromatic carbocycles. The number of ether oxygens (including phenoxy) is 1. The number of carbonyl (C=O) groups is 2. The van der Waals surface area contributed by atoms with Crippen molar-refractivity contribution < 1.29 is 14.3 Å². The van der Waals surface area contributed by atoms with Crippen LogP contribution in [-0.4, -0.2) is 33.8 Å². The van der Waals surface area contributed by atoms with Crippen LogP contribution in [0.25, 0.3) is 0 Å². The molecule has 0 atom stereocenters. The van der Waals surface area contributed by atoms with Gasteiger partial charge in [-0.2, -0.15) is 0 Å². The number of hydrogen-bond acceptors (Lipinski definition) is 5. The highest BCUT2D eigenvalue weighted by Crippen LogP contribution is 1.93. The van der Waals surface area contributed by atoms with E-state index in [1.54, 1.807) is 0 Å². The minimum atomic E-state index is -0.608. The van der Waals surface area contributed by atoms with Gasteiger partial charge in [0.25, 0.3) is 5.82 Å². The Bertz CT molecular complexity index is 346. The molecular weight excluding hydrogens is 188 g/mol. The lowest BCUT2D eigenvalue weighted by Gasteiger charge is -1.95. The molecule has 0 radical (unpaired) electrons. The number of nitrogens with two attached hydrogens (primary N) is 1. The molecule has 1 aromatic rings. The molecule has 1 amide bonds. The number of rotatable bonds is 4. The zero-order valence-corrected chi connectivity index (χ0v) is 7.64. The average Bonchev–Trinajstić information content (AvgIpc) is 2.62. The first-order valence-electron chi connectivity index (χ1n) is 3.89. The van der Waals surface area contributed by atoms with Crippen molar-refractivity contribution >= 4 is 11.9 Å². The predicted octanol–water partition coefficient (Wildman–Crippen LogP) is -1.06. The molecule has 7 nitrogen and oxygen atoms in total. The quantitative estimate of drug-likeness (QED) is 0.621. The maximum Gasteiger partial charge on any atom is 0.377 e. The van der Waals surface area contributed by atoms with Crippen LogP contribution in [0, 0.1) is 0 Å². The summed E-state index contributed by atoms with van der Waals surface area (Å²) in [6.45, 7) is 0.305. The third kappa shape index (κ3) is 2.54. The Hall–Kier alpha value is -1.92. The Morgan fingerprint density at radius 1 is 1.64 bits per heavy atom. The first-order valence-corrected chi connectivity index (χ1v) is 3.89. The van der Waals surface area contributed by atoms with Crippen molar-refractivity contribution in [3.05, 3.63) is 12.2 Å². The van der Waals surface area contributed by atoms with E-state index in [1.807, 2.05) is 0 Å². The molecule has 0 saturated heterocycles. The van der Waals surface area contributed by atoms with Gasteiger partial charge < -0.3 is 10.5 Å². The number of methoxy groups -OCH3 is 1. The first-order chi connectivity index (χ1) is 6.63. The van der Waals surface area contributed by atoms with Crippen molar-refractivity contribution in [2.45, 2.75) is 13.0 Å². The molecular formula is C7H10N4O3. The summed E-state index contributed by atoms with van der Waals surface area (Å²) in [6.07, 6.45) is 1.50. The van der Waals surface area contributed by atoms with Gasteiger partial charge in [0, 0.05) is 6.42 Å². The van der Waals surface area contributed by atoms with E-state index < -0.39 is 11.9 Å². The number of esters is 1. The van der Waals surface area contributed by atoms with Gasteiger partial charge >= 0.3 is 5.97 Å². The van der Waals surface area contributed by atoms with Crippen LogP contribution < -0.4 is 5.73 Å². The van der Waals surface area contributed by atoms with Crippen molar-refractivity contribution in [1.82, 2.24) is 14.8 Å². The molecule has 1 rings (SSSR count). The Morgan fingerprint density at radius 3 is 2.93 bits per heavy atom. The van der Waals surface area contributed by atoms with Gasteiger partial charge in [0.1, 0.15) is 6.33 Å². The number of aromatic nitrogens is 3.